The molecule has 1 fully saturated rings. The maximum absolute atomic E-state index is 13.1. The van der Waals surface area contributed by atoms with Gasteiger partial charge in [-0.1, -0.05) is 42.5 Å². The molecule has 0 bridgehead atoms. The van der Waals surface area contributed by atoms with Crippen LogP contribution in [0.1, 0.15) is 23.6 Å². The zero-order valence-electron chi connectivity index (χ0n) is 18.3. The van der Waals surface area contributed by atoms with E-state index in [1.807, 2.05) is 70.3 Å². The van der Waals surface area contributed by atoms with Gasteiger partial charge >= 0.3 is 0 Å². The molecule has 7 heteroatoms. The van der Waals surface area contributed by atoms with Gasteiger partial charge in [0.05, 0.1) is 31.1 Å². The van der Waals surface area contributed by atoms with Crippen molar-refractivity contribution in [2.24, 2.45) is 0 Å². The number of quaternary nitrogens is 1. The second-order valence-electron chi connectivity index (χ2n) is 8.23. The highest BCUT2D eigenvalue weighted by Crippen LogP contribution is 2.21. The van der Waals surface area contributed by atoms with Gasteiger partial charge in [-0.2, -0.15) is 4.31 Å². The number of amides is 1. The first-order valence-corrected chi connectivity index (χ1v) is 11.8. The summed E-state index contributed by atoms with van der Waals surface area (Å²) in [6.07, 6.45) is 0. The maximum atomic E-state index is 13.1. The van der Waals surface area contributed by atoms with Crippen molar-refractivity contribution in [3.63, 3.8) is 0 Å². The number of benzene rings is 2. The normalized spacial score (nSPS) is 16.9. The van der Waals surface area contributed by atoms with E-state index in [0.717, 1.165) is 21.6 Å². The van der Waals surface area contributed by atoms with Crippen molar-refractivity contribution in [1.29, 1.82) is 0 Å². The fraction of sp³-hybridized carbons (Fsp3) is 0.435. The fourth-order valence-electron chi connectivity index (χ4n) is 4.01. The Morgan fingerprint density at radius 2 is 1.73 bits per heavy atom. The lowest BCUT2D eigenvalue weighted by molar-refractivity contribution is -0.918. The second-order valence-corrected chi connectivity index (χ2v) is 10.1. The summed E-state index contributed by atoms with van der Waals surface area (Å²) >= 11 is 0. The monoisotopic (exact) mass is 430 g/mol. The van der Waals surface area contributed by atoms with Crippen molar-refractivity contribution in [1.82, 2.24) is 9.21 Å². The molecule has 0 unspecified atom stereocenters. The minimum Gasteiger partial charge on any atom is -0.336 e. The number of likely N-dealkylation sites (N-methyl/N-ethyl adjacent to an activating group) is 1. The van der Waals surface area contributed by atoms with Crippen LogP contribution in [0.4, 0.5) is 0 Å². The quantitative estimate of drug-likeness (QED) is 0.750. The standard InChI is InChI=1S/C23H31N3O3S/c1-18-10-11-19(2)22(16-18)30(28,29)26-14-12-25(13-15-26)20(3)23(27)24(4)17-21-8-6-5-7-9-21/h5-11,16,20H,12-15,17H2,1-4H3/p+1/t20-/m0/s1. The molecule has 2 aromatic carbocycles. The first-order chi connectivity index (χ1) is 14.2. The third-order valence-corrected chi connectivity index (χ3v) is 7.99. The Balaban J connectivity index is 1.61. The van der Waals surface area contributed by atoms with E-state index in [0.29, 0.717) is 37.6 Å². The van der Waals surface area contributed by atoms with Crippen LogP contribution in [0.5, 0.6) is 0 Å². The van der Waals surface area contributed by atoms with E-state index in [-0.39, 0.29) is 11.9 Å². The summed E-state index contributed by atoms with van der Waals surface area (Å²) in [7, 11) is -1.69. The van der Waals surface area contributed by atoms with Gasteiger partial charge in [-0.3, -0.25) is 4.79 Å². The lowest BCUT2D eigenvalue weighted by Crippen LogP contribution is -3.19. The predicted molar refractivity (Wildman–Crippen MR) is 118 cm³/mol. The largest absolute Gasteiger partial charge is 0.336 e. The lowest BCUT2D eigenvalue weighted by atomic mass is 10.2. The zero-order valence-corrected chi connectivity index (χ0v) is 19.1. The first kappa shape index (κ1) is 22.5. The molecular formula is C23H32N3O3S+. The molecule has 3 rings (SSSR count). The Labute approximate surface area is 180 Å². The number of nitrogens with zero attached hydrogens (tertiary/aromatic N) is 2. The van der Waals surface area contributed by atoms with Gasteiger partial charge in [0, 0.05) is 13.6 Å². The Hall–Kier alpha value is -2.22. The van der Waals surface area contributed by atoms with E-state index in [1.165, 1.54) is 0 Å². The fourth-order valence-corrected chi connectivity index (χ4v) is 5.76. The number of nitrogens with one attached hydrogen (secondary N) is 1. The van der Waals surface area contributed by atoms with E-state index in [9.17, 15) is 13.2 Å². The predicted octanol–water partition coefficient (Wildman–Crippen LogP) is 1.24. The minimum atomic E-state index is -3.52. The summed E-state index contributed by atoms with van der Waals surface area (Å²) in [5.74, 6) is 0.0830. The molecule has 162 valence electrons. The van der Waals surface area contributed by atoms with Crippen LogP contribution in [-0.2, 0) is 21.4 Å². The molecule has 0 radical (unpaired) electrons. The molecule has 0 aromatic heterocycles. The van der Waals surface area contributed by atoms with Gasteiger partial charge in [-0.15, -0.1) is 0 Å². The third kappa shape index (κ3) is 4.91. The molecule has 1 amide bonds. The molecule has 0 saturated carbocycles. The molecule has 1 N–H and O–H groups in total. The van der Waals surface area contributed by atoms with Crippen LogP contribution in [0.2, 0.25) is 0 Å². The van der Waals surface area contributed by atoms with E-state index >= 15 is 0 Å². The van der Waals surface area contributed by atoms with E-state index in [1.54, 1.807) is 15.3 Å². The molecule has 1 aliphatic heterocycles. The van der Waals surface area contributed by atoms with E-state index in [2.05, 4.69) is 0 Å². The SMILES string of the molecule is Cc1ccc(C)c(S(=O)(=O)N2CC[NH+]([C@@H](C)C(=O)N(C)Cc3ccccc3)CC2)c1. The Morgan fingerprint density at radius 3 is 2.37 bits per heavy atom. The van der Waals surface area contributed by atoms with Gasteiger partial charge in [0.15, 0.2) is 6.04 Å². The van der Waals surface area contributed by atoms with Crippen LogP contribution in [0.3, 0.4) is 0 Å². The van der Waals surface area contributed by atoms with Gasteiger partial charge in [0.25, 0.3) is 5.91 Å². The second kappa shape index (κ2) is 9.29. The summed E-state index contributed by atoms with van der Waals surface area (Å²) in [4.78, 5) is 16.2. The molecule has 0 spiro atoms. The molecule has 1 atom stereocenters. The van der Waals surface area contributed by atoms with Crippen LogP contribution in [0.15, 0.2) is 53.4 Å². The highest BCUT2D eigenvalue weighted by molar-refractivity contribution is 7.89. The number of aryl methyl sites for hydroxylation is 2. The van der Waals surface area contributed by atoms with Crippen molar-refractivity contribution in [2.75, 3.05) is 33.2 Å². The van der Waals surface area contributed by atoms with Gasteiger partial charge < -0.3 is 9.80 Å². The number of rotatable bonds is 6. The van der Waals surface area contributed by atoms with E-state index < -0.39 is 10.0 Å². The molecular weight excluding hydrogens is 398 g/mol. The highest BCUT2D eigenvalue weighted by Gasteiger charge is 2.35. The molecule has 6 nitrogen and oxygen atoms in total. The summed E-state index contributed by atoms with van der Waals surface area (Å²) < 4.78 is 27.8. The topological polar surface area (TPSA) is 62.1 Å². The van der Waals surface area contributed by atoms with Crippen LogP contribution in [0.25, 0.3) is 0 Å². The number of carbonyl (C=O) groups excluding carboxylic acids is 1. The number of piperazine rings is 1. The van der Waals surface area contributed by atoms with Crippen molar-refractivity contribution >= 4 is 15.9 Å². The molecule has 30 heavy (non-hydrogen) atoms. The van der Waals surface area contributed by atoms with Crippen molar-refractivity contribution in [3.8, 4) is 0 Å². The van der Waals surface area contributed by atoms with Gasteiger partial charge in [-0.25, -0.2) is 8.42 Å². The Morgan fingerprint density at radius 1 is 1.10 bits per heavy atom. The molecule has 2 aromatic rings. The van der Waals surface area contributed by atoms with Gasteiger partial charge in [0.2, 0.25) is 10.0 Å². The van der Waals surface area contributed by atoms with Crippen LogP contribution in [-0.4, -0.2) is 62.8 Å². The average molecular weight is 431 g/mol. The van der Waals surface area contributed by atoms with Gasteiger partial charge in [-0.05, 0) is 43.5 Å². The maximum Gasteiger partial charge on any atom is 0.280 e. The molecule has 0 aliphatic carbocycles. The summed E-state index contributed by atoms with van der Waals surface area (Å²) in [5, 5.41) is 0. The van der Waals surface area contributed by atoms with Crippen LogP contribution < -0.4 is 4.90 Å². The first-order valence-electron chi connectivity index (χ1n) is 10.4. The number of hydrogen-bond donors (Lipinski definition) is 1. The summed E-state index contributed by atoms with van der Waals surface area (Å²) in [5.41, 5.74) is 2.80. The number of carbonyl (C=O) groups is 1. The van der Waals surface area contributed by atoms with Crippen LogP contribution >= 0.6 is 0 Å². The average Bonchev–Trinajstić information content (AvgIpc) is 2.75. The van der Waals surface area contributed by atoms with Crippen molar-refractivity contribution in [3.05, 3.63) is 65.2 Å². The third-order valence-electron chi connectivity index (χ3n) is 5.95. The summed E-state index contributed by atoms with van der Waals surface area (Å²) in [6.45, 7) is 8.33. The number of sulfonamides is 1. The highest BCUT2D eigenvalue weighted by atomic mass is 32.2. The molecule has 1 saturated heterocycles. The van der Waals surface area contributed by atoms with Crippen molar-refractivity contribution in [2.45, 2.75) is 38.3 Å². The smallest absolute Gasteiger partial charge is 0.280 e. The molecule has 1 heterocycles. The summed E-state index contributed by atoms with van der Waals surface area (Å²) in [6, 6.07) is 15.2. The zero-order chi connectivity index (χ0) is 21.9. The minimum absolute atomic E-state index is 0.0830. The molecule has 1 aliphatic rings. The van der Waals surface area contributed by atoms with E-state index in [4.69, 9.17) is 0 Å². The Bertz CT molecular complexity index is 984. The van der Waals surface area contributed by atoms with Gasteiger partial charge in [0.1, 0.15) is 0 Å². The van der Waals surface area contributed by atoms with Crippen molar-refractivity contribution < 1.29 is 18.1 Å². The van der Waals surface area contributed by atoms with Crippen LogP contribution in [0, 0.1) is 13.8 Å². The Kier molecular flexibility index (Phi) is 6.95. The number of hydrogen-bond acceptors (Lipinski definition) is 3. The lowest BCUT2D eigenvalue weighted by Gasteiger charge is -2.35.